The number of rotatable bonds is 3. The molecular formula is C17H22ClN5S. The highest BCUT2D eigenvalue weighted by atomic mass is 35.5. The molecule has 24 heavy (non-hydrogen) atoms. The first-order chi connectivity index (χ1) is 11.7. The van der Waals surface area contributed by atoms with Gasteiger partial charge in [0.2, 0.25) is 0 Å². The van der Waals surface area contributed by atoms with Gasteiger partial charge in [-0.1, -0.05) is 17.7 Å². The van der Waals surface area contributed by atoms with E-state index in [4.69, 9.17) is 11.6 Å². The van der Waals surface area contributed by atoms with Crippen LogP contribution in [0.1, 0.15) is 10.7 Å². The predicted octanol–water partition coefficient (Wildman–Crippen LogP) is 3.00. The summed E-state index contributed by atoms with van der Waals surface area (Å²) in [6.07, 6.45) is 0. The van der Waals surface area contributed by atoms with Crippen molar-refractivity contribution in [2.75, 3.05) is 38.1 Å². The fourth-order valence-electron chi connectivity index (χ4n) is 2.82. The zero-order valence-corrected chi connectivity index (χ0v) is 15.6. The maximum absolute atomic E-state index is 6.10. The molecule has 0 spiro atoms. The molecular weight excluding hydrogens is 342 g/mol. The van der Waals surface area contributed by atoms with E-state index in [0.717, 1.165) is 54.4 Å². The first-order valence-corrected chi connectivity index (χ1v) is 9.28. The van der Waals surface area contributed by atoms with Crippen molar-refractivity contribution >= 4 is 34.6 Å². The van der Waals surface area contributed by atoms with E-state index in [1.807, 2.05) is 32.2 Å². The topological polar surface area (TPSA) is 43.8 Å². The molecule has 0 radical (unpaired) electrons. The standard InChI is InChI=1S/C17H22ClN5S/c1-13-12-24-16(21-13)11-20-17(19-2)23-8-6-22(7-9-23)15-5-3-4-14(18)10-15/h3-5,10,12H,6-9,11H2,1-2H3,(H,19,20). The van der Waals surface area contributed by atoms with Crippen molar-refractivity contribution in [3.63, 3.8) is 0 Å². The van der Waals surface area contributed by atoms with Gasteiger partial charge in [-0.3, -0.25) is 4.99 Å². The number of nitrogens with one attached hydrogen (secondary N) is 1. The Balaban J connectivity index is 1.54. The molecule has 0 bridgehead atoms. The molecule has 0 saturated carbocycles. The minimum atomic E-state index is 0.722. The Morgan fingerprint density at radius 1 is 1.33 bits per heavy atom. The number of piperazine rings is 1. The molecule has 5 nitrogen and oxygen atoms in total. The molecule has 7 heteroatoms. The van der Waals surface area contributed by atoms with E-state index in [2.05, 4.69) is 36.5 Å². The van der Waals surface area contributed by atoms with Crippen LogP contribution >= 0.6 is 22.9 Å². The van der Waals surface area contributed by atoms with Gasteiger partial charge in [0.15, 0.2) is 5.96 Å². The number of nitrogens with zero attached hydrogens (tertiary/aromatic N) is 4. The zero-order valence-electron chi connectivity index (χ0n) is 14.0. The summed E-state index contributed by atoms with van der Waals surface area (Å²) < 4.78 is 0. The Labute approximate surface area is 152 Å². The first-order valence-electron chi connectivity index (χ1n) is 8.03. The summed E-state index contributed by atoms with van der Waals surface area (Å²) in [5, 5.41) is 7.36. The SMILES string of the molecule is CN=C(NCc1nc(C)cs1)N1CCN(c2cccc(Cl)c2)CC1. The lowest BCUT2D eigenvalue weighted by Crippen LogP contribution is -2.52. The van der Waals surface area contributed by atoms with Crippen LogP contribution in [0.4, 0.5) is 5.69 Å². The highest BCUT2D eigenvalue weighted by Crippen LogP contribution is 2.20. The summed E-state index contributed by atoms with van der Waals surface area (Å²) in [6, 6.07) is 8.04. The first kappa shape index (κ1) is 17.0. The molecule has 3 rings (SSSR count). The van der Waals surface area contributed by atoms with Crippen molar-refractivity contribution < 1.29 is 0 Å². The second-order valence-electron chi connectivity index (χ2n) is 5.74. The third-order valence-corrected chi connectivity index (χ3v) is 5.23. The van der Waals surface area contributed by atoms with Crippen molar-refractivity contribution in [3.05, 3.63) is 45.4 Å². The lowest BCUT2D eigenvalue weighted by Gasteiger charge is -2.37. The van der Waals surface area contributed by atoms with Crippen LogP contribution in [0.5, 0.6) is 0 Å². The quantitative estimate of drug-likeness (QED) is 0.672. The smallest absolute Gasteiger partial charge is 0.194 e. The highest BCUT2D eigenvalue weighted by molar-refractivity contribution is 7.09. The van der Waals surface area contributed by atoms with E-state index in [0.29, 0.717) is 0 Å². The van der Waals surface area contributed by atoms with Crippen LogP contribution < -0.4 is 10.2 Å². The molecule has 1 saturated heterocycles. The summed E-state index contributed by atoms with van der Waals surface area (Å²) in [6.45, 7) is 6.52. The predicted molar refractivity (Wildman–Crippen MR) is 102 cm³/mol. The van der Waals surface area contributed by atoms with Crippen LogP contribution in [0.3, 0.4) is 0 Å². The van der Waals surface area contributed by atoms with Crippen LogP contribution in [0.15, 0.2) is 34.6 Å². The monoisotopic (exact) mass is 363 g/mol. The Hall–Kier alpha value is -1.79. The van der Waals surface area contributed by atoms with Crippen LogP contribution in [0, 0.1) is 6.92 Å². The van der Waals surface area contributed by atoms with Crippen molar-refractivity contribution in [1.82, 2.24) is 15.2 Å². The number of aliphatic imine (C=N–C) groups is 1. The van der Waals surface area contributed by atoms with Crippen LogP contribution in [-0.2, 0) is 6.54 Å². The number of anilines is 1. The Morgan fingerprint density at radius 2 is 2.12 bits per heavy atom. The van der Waals surface area contributed by atoms with E-state index >= 15 is 0 Å². The largest absolute Gasteiger partial charge is 0.368 e. The van der Waals surface area contributed by atoms with Gasteiger partial charge in [0, 0.05) is 55.0 Å². The molecule has 1 fully saturated rings. The average molecular weight is 364 g/mol. The highest BCUT2D eigenvalue weighted by Gasteiger charge is 2.20. The lowest BCUT2D eigenvalue weighted by atomic mass is 10.2. The number of hydrogen-bond donors (Lipinski definition) is 1. The van der Waals surface area contributed by atoms with Crippen molar-refractivity contribution in [1.29, 1.82) is 0 Å². The van der Waals surface area contributed by atoms with E-state index in [9.17, 15) is 0 Å². The van der Waals surface area contributed by atoms with Gasteiger partial charge in [-0.05, 0) is 25.1 Å². The number of halogens is 1. The molecule has 128 valence electrons. The summed E-state index contributed by atoms with van der Waals surface area (Å²) >= 11 is 7.78. The van der Waals surface area contributed by atoms with E-state index in [1.54, 1.807) is 11.3 Å². The van der Waals surface area contributed by atoms with Gasteiger partial charge in [-0.2, -0.15) is 0 Å². The maximum atomic E-state index is 6.10. The number of benzene rings is 1. The Morgan fingerprint density at radius 3 is 2.75 bits per heavy atom. The van der Waals surface area contributed by atoms with E-state index in [1.165, 1.54) is 5.69 Å². The Kier molecular flexibility index (Phi) is 5.58. The second-order valence-corrected chi connectivity index (χ2v) is 7.12. The molecule has 2 aromatic rings. The van der Waals surface area contributed by atoms with Gasteiger partial charge in [0.05, 0.1) is 6.54 Å². The second kappa shape index (κ2) is 7.85. The van der Waals surface area contributed by atoms with Gasteiger partial charge >= 0.3 is 0 Å². The number of hydrogen-bond acceptors (Lipinski definition) is 4. The van der Waals surface area contributed by atoms with Crippen LogP contribution in [0.25, 0.3) is 0 Å². The zero-order chi connectivity index (χ0) is 16.9. The molecule has 0 amide bonds. The third kappa shape index (κ3) is 4.19. The molecule has 0 atom stereocenters. The van der Waals surface area contributed by atoms with E-state index < -0.39 is 0 Å². The van der Waals surface area contributed by atoms with Crippen LogP contribution in [0.2, 0.25) is 5.02 Å². The molecule has 0 unspecified atom stereocenters. The van der Waals surface area contributed by atoms with E-state index in [-0.39, 0.29) is 0 Å². The molecule has 2 heterocycles. The van der Waals surface area contributed by atoms with Crippen LogP contribution in [-0.4, -0.2) is 49.1 Å². The molecule has 1 aliphatic rings. The third-order valence-electron chi connectivity index (χ3n) is 4.03. The molecule has 0 aliphatic carbocycles. The summed E-state index contributed by atoms with van der Waals surface area (Å²) in [7, 11) is 1.83. The minimum absolute atomic E-state index is 0.722. The maximum Gasteiger partial charge on any atom is 0.194 e. The minimum Gasteiger partial charge on any atom is -0.368 e. The lowest BCUT2D eigenvalue weighted by molar-refractivity contribution is 0.372. The van der Waals surface area contributed by atoms with Gasteiger partial charge in [-0.15, -0.1) is 11.3 Å². The number of thiazole rings is 1. The molecule has 1 aliphatic heterocycles. The van der Waals surface area contributed by atoms with Crippen molar-refractivity contribution in [2.24, 2.45) is 4.99 Å². The number of guanidine groups is 1. The normalized spacial score (nSPS) is 15.7. The molecule has 1 aromatic heterocycles. The molecule has 1 N–H and O–H groups in total. The van der Waals surface area contributed by atoms with Crippen molar-refractivity contribution in [2.45, 2.75) is 13.5 Å². The summed E-state index contributed by atoms with van der Waals surface area (Å²) in [5.41, 5.74) is 2.25. The molecule has 1 aromatic carbocycles. The summed E-state index contributed by atoms with van der Waals surface area (Å²) in [4.78, 5) is 13.6. The number of aromatic nitrogens is 1. The average Bonchev–Trinajstić information content (AvgIpc) is 3.01. The van der Waals surface area contributed by atoms with Gasteiger partial charge in [-0.25, -0.2) is 4.98 Å². The summed E-state index contributed by atoms with van der Waals surface area (Å²) in [5.74, 6) is 0.939. The van der Waals surface area contributed by atoms with Gasteiger partial charge in [0.1, 0.15) is 5.01 Å². The fraction of sp³-hybridized carbons (Fsp3) is 0.412. The Bertz CT molecular complexity index is 707. The van der Waals surface area contributed by atoms with Gasteiger partial charge in [0.25, 0.3) is 0 Å². The van der Waals surface area contributed by atoms with Crippen molar-refractivity contribution in [3.8, 4) is 0 Å². The number of aryl methyl sites for hydroxylation is 1. The fourth-order valence-corrected chi connectivity index (χ4v) is 3.72. The van der Waals surface area contributed by atoms with Gasteiger partial charge < -0.3 is 15.1 Å².